The van der Waals surface area contributed by atoms with E-state index in [1.54, 1.807) is 18.9 Å². The summed E-state index contributed by atoms with van der Waals surface area (Å²) < 4.78 is 5.30. The molecule has 1 unspecified atom stereocenters. The number of tetrazole rings is 1. The van der Waals surface area contributed by atoms with Crippen molar-refractivity contribution < 1.29 is 4.74 Å². The molecule has 1 aliphatic rings. The molecular formula is C23H20N6OS. The zero-order valence-corrected chi connectivity index (χ0v) is 17.6. The highest BCUT2D eigenvalue weighted by atomic mass is 32.2. The highest BCUT2D eigenvalue weighted by molar-refractivity contribution is 8.05. The first-order valence-electron chi connectivity index (χ1n) is 9.82. The first-order chi connectivity index (χ1) is 15.2. The molecule has 0 saturated carbocycles. The van der Waals surface area contributed by atoms with Gasteiger partial charge in [-0.15, -0.1) is 10.2 Å². The summed E-state index contributed by atoms with van der Waals surface area (Å²) in [5.41, 5.74) is 3.26. The van der Waals surface area contributed by atoms with Crippen molar-refractivity contribution in [3.8, 4) is 5.75 Å². The van der Waals surface area contributed by atoms with Crippen molar-refractivity contribution in [3.05, 3.63) is 82.5 Å². The Balaban J connectivity index is 1.22. The van der Waals surface area contributed by atoms with E-state index in [1.807, 2.05) is 30.5 Å². The molecule has 2 N–H and O–H groups in total. The summed E-state index contributed by atoms with van der Waals surface area (Å²) in [5, 5.41) is 19.8. The fraction of sp³-hybridized carbons (Fsp3) is 0.130. The number of aliphatic imine (C=N–C) groups is 1. The molecule has 3 aromatic carbocycles. The van der Waals surface area contributed by atoms with Crippen LogP contribution in [0.4, 0.5) is 5.69 Å². The standard InChI is InChI=1S/C23H20N6OS/c1-30-20-9-6-17-10-16(2-5-18(17)13-20)11-21-14-24-23(31-21)25-19-7-3-15(4-8-19)12-22-26-28-29-27-22/h2-11,13-14,23,25H,12H2,1H3,(H,26,27,28,29). The van der Waals surface area contributed by atoms with Gasteiger partial charge in [0.2, 0.25) is 0 Å². The summed E-state index contributed by atoms with van der Waals surface area (Å²) >= 11 is 1.70. The molecule has 0 radical (unpaired) electrons. The molecule has 7 nitrogen and oxygen atoms in total. The van der Waals surface area contributed by atoms with E-state index in [0.717, 1.165) is 32.9 Å². The average molecular weight is 429 g/mol. The Morgan fingerprint density at radius 2 is 1.90 bits per heavy atom. The van der Waals surface area contributed by atoms with E-state index in [4.69, 9.17) is 4.74 Å². The van der Waals surface area contributed by atoms with Gasteiger partial charge in [-0.2, -0.15) is 5.21 Å². The third kappa shape index (κ3) is 4.59. The van der Waals surface area contributed by atoms with Crippen LogP contribution in [0.2, 0.25) is 0 Å². The number of rotatable bonds is 6. The summed E-state index contributed by atoms with van der Waals surface area (Å²) in [6.07, 6.45) is 4.73. The fourth-order valence-corrected chi connectivity index (χ4v) is 4.29. The van der Waals surface area contributed by atoms with Gasteiger partial charge in [0.15, 0.2) is 11.3 Å². The van der Waals surface area contributed by atoms with Gasteiger partial charge >= 0.3 is 0 Å². The van der Waals surface area contributed by atoms with E-state index < -0.39 is 0 Å². The molecule has 0 fully saturated rings. The van der Waals surface area contributed by atoms with Crippen LogP contribution in [0.1, 0.15) is 17.0 Å². The summed E-state index contributed by atoms with van der Waals surface area (Å²) in [4.78, 5) is 5.71. The number of methoxy groups -OCH3 is 1. The van der Waals surface area contributed by atoms with Gasteiger partial charge in [0, 0.05) is 23.2 Å². The number of nitrogens with one attached hydrogen (secondary N) is 2. The van der Waals surface area contributed by atoms with Crippen LogP contribution in [0, 0.1) is 0 Å². The van der Waals surface area contributed by atoms with Crippen LogP contribution >= 0.6 is 11.8 Å². The molecule has 31 heavy (non-hydrogen) atoms. The molecule has 2 heterocycles. The van der Waals surface area contributed by atoms with Crippen LogP contribution in [0.15, 0.2) is 70.6 Å². The lowest BCUT2D eigenvalue weighted by molar-refractivity contribution is 0.415. The third-order valence-electron chi connectivity index (χ3n) is 4.96. The van der Waals surface area contributed by atoms with Gasteiger partial charge in [-0.05, 0) is 58.3 Å². The van der Waals surface area contributed by atoms with Crippen LogP contribution in [0.25, 0.3) is 16.8 Å². The zero-order valence-electron chi connectivity index (χ0n) is 16.8. The Bertz CT molecular complexity index is 1250. The molecule has 0 aliphatic carbocycles. The van der Waals surface area contributed by atoms with E-state index in [1.165, 1.54) is 5.39 Å². The number of allylic oxidation sites excluding steroid dienone is 1. The quantitative estimate of drug-likeness (QED) is 0.470. The van der Waals surface area contributed by atoms with E-state index in [9.17, 15) is 0 Å². The van der Waals surface area contributed by atoms with E-state index >= 15 is 0 Å². The molecule has 1 aromatic heterocycles. The molecular weight excluding hydrogens is 408 g/mol. The molecule has 0 spiro atoms. The van der Waals surface area contributed by atoms with Crippen molar-refractivity contribution >= 4 is 40.5 Å². The molecule has 5 rings (SSSR count). The van der Waals surface area contributed by atoms with Gasteiger partial charge in [-0.3, -0.25) is 4.99 Å². The monoisotopic (exact) mass is 428 g/mol. The second-order valence-electron chi connectivity index (χ2n) is 7.11. The number of hydrogen-bond acceptors (Lipinski definition) is 7. The smallest absolute Gasteiger partial charge is 0.178 e. The van der Waals surface area contributed by atoms with Gasteiger partial charge in [-0.1, -0.05) is 47.3 Å². The van der Waals surface area contributed by atoms with E-state index in [2.05, 4.69) is 73.4 Å². The Hall–Kier alpha value is -3.65. The van der Waals surface area contributed by atoms with Crippen molar-refractivity contribution in [1.29, 1.82) is 0 Å². The molecule has 4 aromatic rings. The highest BCUT2D eigenvalue weighted by Gasteiger charge is 2.15. The van der Waals surface area contributed by atoms with Crippen LogP contribution in [-0.4, -0.2) is 39.4 Å². The maximum atomic E-state index is 5.30. The number of thioether (sulfide) groups is 1. The minimum atomic E-state index is -0.0426. The fourth-order valence-electron chi connectivity index (χ4n) is 3.39. The van der Waals surface area contributed by atoms with Crippen molar-refractivity contribution in [3.63, 3.8) is 0 Å². The van der Waals surface area contributed by atoms with Crippen molar-refractivity contribution in [2.24, 2.45) is 4.99 Å². The van der Waals surface area contributed by atoms with Crippen molar-refractivity contribution in [1.82, 2.24) is 20.6 Å². The lowest BCUT2D eigenvalue weighted by atomic mass is 10.1. The molecule has 8 heteroatoms. The molecule has 0 amide bonds. The number of fused-ring (bicyclic) bond motifs is 1. The number of aromatic nitrogens is 4. The predicted octanol–water partition coefficient (Wildman–Crippen LogP) is 4.51. The van der Waals surface area contributed by atoms with Gasteiger partial charge in [0.05, 0.1) is 7.11 Å². The van der Waals surface area contributed by atoms with Gasteiger partial charge in [-0.25, -0.2) is 0 Å². The maximum absolute atomic E-state index is 5.30. The minimum Gasteiger partial charge on any atom is -0.497 e. The second kappa shape index (κ2) is 8.61. The molecule has 0 saturated heterocycles. The van der Waals surface area contributed by atoms with Crippen LogP contribution in [0.3, 0.4) is 0 Å². The number of H-pyrrole nitrogens is 1. The van der Waals surface area contributed by atoms with Crippen LogP contribution < -0.4 is 10.1 Å². The largest absolute Gasteiger partial charge is 0.497 e. The normalized spacial score (nSPS) is 16.8. The van der Waals surface area contributed by atoms with E-state index in [-0.39, 0.29) is 5.50 Å². The molecule has 1 aliphatic heterocycles. The predicted molar refractivity (Wildman–Crippen MR) is 125 cm³/mol. The SMILES string of the molecule is COc1ccc2cc(C=C3C=NC(Nc4ccc(Cc5nn[nH]n5)cc4)S3)ccc2c1. The molecule has 1 atom stereocenters. The first kappa shape index (κ1) is 19.3. The third-order valence-corrected chi connectivity index (χ3v) is 5.92. The molecule has 154 valence electrons. The molecule has 0 bridgehead atoms. The van der Waals surface area contributed by atoms with Gasteiger partial charge in [0.1, 0.15) is 5.75 Å². The first-order valence-corrected chi connectivity index (χ1v) is 10.7. The lowest BCUT2D eigenvalue weighted by Crippen LogP contribution is -2.09. The highest BCUT2D eigenvalue weighted by Crippen LogP contribution is 2.31. The Labute approximate surface area is 183 Å². The maximum Gasteiger partial charge on any atom is 0.178 e. The topological polar surface area (TPSA) is 88.1 Å². The Kier molecular flexibility index (Phi) is 5.37. The number of benzene rings is 3. The Morgan fingerprint density at radius 1 is 1.06 bits per heavy atom. The second-order valence-corrected chi connectivity index (χ2v) is 8.27. The van der Waals surface area contributed by atoms with Crippen molar-refractivity contribution in [2.75, 3.05) is 12.4 Å². The number of ether oxygens (including phenoxy) is 1. The Morgan fingerprint density at radius 3 is 2.71 bits per heavy atom. The van der Waals surface area contributed by atoms with Gasteiger partial charge < -0.3 is 10.1 Å². The van der Waals surface area contributed by atoms with Crippen LogP contribution in [-0.2, 0) is 6.42 Å². The summed E-state index contributed by atoms with van der Waals surface area (Å²) in [5.74, 6) is 1.55. The number of aromatic amines is 1. The number of nitrogens with zero attached hydrogens (tertiary/aromatic N) is 4. The zero-order chi connectivity index (χ0) is 21.0. The number of anilines is 1. The van der Waals surface area contributed by atoms with Crippen LogP contribution in [0.5, 0.6) is 5.75 Å². The summed E-state index contributed by atoms with van der Waals surface area (Å²) in [6, 6.07) is 20.7. The lowest BCUT2D eigenvalue weighted by Gasteiger charge is -2.11. The summed E-state index contributed by atoms with van der Waals surface area (Å²) in [7, 11) is 1.69. The summed E-state index contributed by atoms with van der Waals surface area (Å²) in [6.45, 7) is 0. The van der Waals surface area contributed by atoms with Gasteiger partial charge in [0.25, 0.3) is 0 Å². The number of hydrogen-bond donors (Lipinski definition) is 2. The minimum absolute atomic E-state index is 0.0426. The van der Waals surface area contributed by atoms with Crippen molar-refractivity contribution in [2.45, 2.75) is 11.9 Å². The average Bonchev–Trinajstić information content (AvgIpc) is 3.47. The van der Waals surface area contributed by atoms with E-state index in [0.29, 0.717) is 12.2 Å².